The van der Waals surface area contributed by atoms with E-state index in [-0.39, 0.29) is 12.5 Å². The van der Waals surface area contributed by atoms with Crippen LogP contribution in [0.3, 0.4) is 0 Å². The summed E-state index contributed by atoms with van der Waals surface area (Å²) in [6.07, 6.45) is 2.98. The number of amides is 3. The molecule has 0 spiro atoms. The maximum Gasteiger partial charge on any atom is 0.329 e. The van der Waals surface area contributed by atoms with Gasteiger partial charge >= 0.3 is 11.8 Å². The zero-order valence-corrected chi connectivity index (χ0v) is 19.8. The van der Waals surface area contributed by atoms with Gasteiger partial charge in [-0.05, 0) is 66.2 Å². The summed E-state index contributed by atoms with van der Waals surface area (Å²) in [7, 11) is 0. The van der Waals surface area contributed by atoms with E-state index in [0.29, 0.717) is 40.1 Å². The second-order valence-corrected chi connectivity index (χ2v) is 7.57. The monoisotopic (exact) mass is 506 g/mol. The van der Waals surface area contributed by atoms with Crippen LogP contribution in [0.2, 0.25) is 5.02 Å². The Morgan fingerprint density at radius 3 is 2.22 bits per heavy atom. The SMILES string of the molecule is C=CCOc1ccc(NC(=O)C(=O)N/N=C\c2ccc(OCC(=O)Nc3ccccc3Cl)cc2)cc1. The van der Waals surface area contributed by atoms with Crippen LogP contribution in [0, 0.1) is 0 Å². The second-order valence-electron chi connectivity index (χ2n) is 7.16. The lowest BCUT2D eigenvalue weighted by atomic mass is 10.2. The minimum Gasteiger partial charge on any atom is -0.490 e. The van der Waals surface area contributed by atoms with Gasteiger partial charge in [-0.25, -0.2) is 5.43 Å². The number of benzene rings is 3. The molecule has 0 aliphatic rings. The fraction of sp³-hybridized carbons (Fsp3) is 0.0769. The molecule has 0 saturated heterocycles. The van der Waals surface area contributed by atoms with Gasteiger partial charge in [-0.2, -0.15) is 5.10 Å². The number of carbonyl (C=O) groups excluding carboxylic acids is 3. The van der Waals surface area contributed by atoms with Gasteiger partial charge in [0.05, 0.1) is 16.9 Å². The fourth-order valence-electron chi connectivity index (χ4n) is 2.74. The molecule has 0 aliphatic heterocycles. The van der Waals surface area contributed by atoms with Gasteiger partial charge < -0.3 is 20.1 Å². The molecule has 0 aromatic heterocycles. The van der Waals surface area contributed by atoms with Crippen molar-refractivity contribution in [2.45, 2.75) is 0 Å². The van der Waals surface area contributed by atoms with Crippen molar-refractivity contribution in [3.05, 3.63) is 96.0 Å². The molecule has 0 unspecified atom stereocenters. The Labute approximate surface area is 212 Å². The third kappa shape index (κ3) is 8.30. The highest BCUT2D eigenvalue weighted by Crippen LogP contribution is 2.20. The Hall–Kier alpha value is -4.63. The van der Waals surface area contributed by atoms with Crippen molar-refractivity contribution in [3.63, 3.8) is 0 Å². The van der Waals surface area contributed by atoms with E-state index >= 15 is 0 Å². The van der Waals surface area contributed by atoms with Crippen LogP contribution in [-0.2, 0) is 14.4 Å². The predicted octanol–water partition coefficient (Wildman–Crippen LogP) is 4.01. The van der Waals surface area contributed by atoms with Gasteiger partial charge in [0.15, 0.2) is 6.61 Å². The summed E-state index contributed by atoms with van der Waals surface area (Å²) in [4.78, 5) is 36.0. The molecule has 36 heavy (non-hydrogen) atoms. The second kappa shape index (κ2) is 13.3. The van der Waals surface area contributed by atoms with E-state index in [1.54, 1.807) is 78.9 Å². The summed E-state index contributed by atoms with van der Waals surface area (Å²) < 4.78 is 10.8. The number of anilines is 2. The molecule has 3 aromatic carbocycles. The number of hydrazone groups is 1. The van der Waals surface area contributed by atoms with E-state index in [4.69, 9.17) is 21.1 Å². The first kappa shape index (κ1) is 26.0. The van der Waals surface area contributed by atoms with Gasteiger partial charge in [0.25, 0.3) is 5.91 Å². The van der Waals surface area contributed by atoms with Gasteiger partial charge in [0, 0.05) is 5.69 Å². The van der Waals surface area contributed by atoms with Crippen LogP contribution in [-0.4, -0.2) is 37.1 Å². The number of rotatable bonds is 10. The Morgan fingerprint density at radius 2 is 1.53 bits per heavy atom. The van der Waals surface area contributed by atoms with Crippen molar-refractivity contribution >= 4 is 46.9 Å². The quantitative estimate of drug-likeness (QED) is 0.166. The minimum atomic E-state index is -0.928. The van der Waals surface area contributed by atoms with Crippen LogP contribution in [0.25, 0.3) is 0 Å². The van der Waals surface area contributed by atoms with E-state index in [2.05, 4.69) is 27.7 Å². The van der Waals surface area contributed by atoms with Gasteiger partial charge in [-0.15, -0.1) is 0 Å². The van der Waals surface area contributed by atoms with E-state index in [1.165, 1.54) is 6.21 Å². The molecule has 9 nitrogen and oxygen atoms in total. The lowest BCUT2D eigenvalue weighted by molar-refractivity contribution is -0.136. The normalized spacial score (nSPS) is 10.4. The largest absolute Gasteiger partial charge is 0.490 e. The third-order valence-corrected chi connectivity index (χ3v) is 4.79. The third-order valence-electron chi connectivity index (χ3n) is 4.46. The number of halogens is 1. The molecule has 0 aliphatic carbocycles. The fourth-order valence-corrected chi connectivity index (χ4v) is 2.92. The van der Waals surface area contributed by atoms with Gasteiger partial charge in [-0.1, -0.05) is 36.4 Å². The minimum absolute atomic E-state index is 0.200. The number of carbonyl (C=O) groups is 3. The molecule has 0 saturated carbocycles. The average Bonchev–Trinajstić information content (AvgIpc) is 2.89. The number of hydrogen-bond acceptors (Lipinski definition) is 6. The van der Waals surface area contributed by atoms with Crippen molar-refractivity contribution < 1.29 is 23.9 Å². The van der Waals surface area contributed by atoms with Crippen molar-refractivity contribution in [3.8, 4) is 11.5 Å². The first-order chi connectivity index (χ1) is 17.4. The highest BCUT2D eigenvalue weighted by atomic mass is 35.5. The molecule has 0 radical (unpaired) electrons. The number of para-hydroxylation sites is 1. The number of hydrogen-bond donors (Lipinski definition) is 3. The van der Waals surface area contributed by atoms with Crippen LogP contribution >= 0.6 is 11.6 Å². The molecule has 0 heterocycles. The Kier molecular flexibility index (Phi) is 9.60. The topological polar surface area (TPSA) is 118 Å². The van der Waals surface area contributed by atoms with E-state index in [0.717, 1.165) is 0 Å². The standard InChI is InChI=1S/C26H23ClN4O5/c1-2-15-35-20-13-9-19(10-14-20)29-25(33)26(34)31-28-16-18-7-11-21(12-8-18)36-17-24(32)30-23-6-4-3-5-22(23)27/h2-14,16H,1,15,17H2,(H,29,33)(H,30,32)(H,31,34)/b28-16-. The summed E-state index contributed by atoms with van der Waals surface area (Å²) >= 11 is 6.01. The number of nitrogens with zero attached hydrogens (tertiary/aromatic N) is 1. The molecule has 0 bridgehead atoms. The maximum absolute atomic E-state index is 12.0. The van der Waals surface area contributed by atoms with Gasteiger partial charge in [0.2, 0.25) is 0 Å². The van der Waals surface area contributed by atoms with Crippen LogP contribution < -0.4 is 25.5 Å². The molecule has 3 rings (SSSR count). The predicted molar refractivity (Wildman–Crippen MR) is 139 cm³/mol. The summed E-state index contributed by atoms with van der Waals surface area (Å²) in [5.74, 6) is -1.08. The molecule has 3 N–H and O–H groups in total. The molecule has 0 atom stereocenters. The molecular formula is C26H23ClN4O5. The van der Waals surface area contributed by atoms with E-state index in [9.17, 15) is 14.4 Å². The smallest absolute Gasteiger partial charge is 0.329 e. The van der Waals surface area contributed by atoms with Gasteiger partial charge in [-0.3, -0.25) is 14.4 Å². The van der Waals surface area contributed by atoms with Crippen molar-refractivity contribution in [2.24, 2.45) is 5.10 Å². The average molecular weight is 507 g/mol. The zero-order chi connectivity index (χ0) is 25.8. The van der Waals surface area contributed by atoms with Crippen LogP contribution in [0.5, 0.6) is 11.5 Å². The van der Waals surface area contributed by atoms with Gasteiger partial charge in [0.1, 0.15) is 18.1 Å². The Morgan fingerprint density at radius 1 is 0.861 bits per heavy atom. The van der Waals surface area contributed by atoms with E-state index in [1.807, 2.05) is 0 Å². The zero-order valence-electron chi connectivity index (χ0n) is 19.1. The molecular weight excluding hydrogens is 484 g/mol. The molecule has 10 heteroatoms. The molecule has 3 amide bonds. The lowest BCUT2D eigenvalue weighted by Crippen LogP contribution is -2.32. The summed E-state index contributed by atoms with van der Waals surface area (Å²) in [5.41, 5.74) is 3.73. The molecule has 3 aromatic rings. The highest BCUT2D eigenvalue weighted by Gasteiger charge is 2.13. The summed E-state index contributed by atoms with van der Waals surface area (Å²) in [6, 6.07) is 20.1. The van der Waals surface area contributed by atoms with Crippen LogP contribution in [0.4, 0.5) is 11.4 Å². The summed E-state index contributed by atoms with van der Waals surface area (Å²) in [5, 5.41) is 9.34. The Balaban J connectivity index is 1.41. The van der Waals surface area contributed by atoms with Crippen molar-refractivity contribution in [1.29, 1.82) is 0 Å². The molecule has 0 fully saturated rings. The first-order valence-corrected chi connectivity index (χ1v) is 11.1. The summed E-state index contributed by atoms with van der Waals surface area (Å²) in [6.45, 7) is 3.73. The first-order valence-electron chi connectivity index (χ1n) is 10.7. The van der Waals surface area contributed by atoms with Crippen LogP contribution in [0.15, 0.2) is 90.6 Å². The lowest BCUT2D eigenvalue weighted by Gasteiger charge is -2.08. The number of nitrogens with one attached hydrogen (secondary N) is 3. The Bertz CT molecular complexity index is 1240. The van der Waals surface area contributed by atoms with Crippen molar-refractivity contribution in [2.75, 3.05) is 23.8 Å². The maximum atomic E-state index is 12.0. The van der Waals surface area contributed by atoms with E-state index < -0.39 is 11.8 Å². The van der Waals surface area contributed by atoms with Crippen LogP contribution in [0.1, 0.15) is 5.56 Å². The highest BCUT2D eigenvalue weighted by molar-refractivity contribution is 6.39. The molecule has 184 valence electrons. The number of ether oxygens (including phenoxy) is 2. The van der Waals surface area contributed by atoms with Crippen molar-refractivity contribution in [1.82, 2.24) is 5.43 Å².